The van der Waals surface area contributed by atoms with Gasteiger partial charge in [-0.2, -0.15) is 0 Å². The Hall–Kier alpha value is -2.93. The van der Waals surface area contributed by atoms with Gasteiger partial charge in [0.2, 0.25) is 5.91 Å². The van der Waals surface area contributed by atoms with E-state index in [1.165, 1.54) is 18.2 Å². The van der Waals surface area contributed by atoms with E-state index in [2.05, 4.69) is 5.32 Å². The Balaban J connectivity index is 2.24. The number of carbonyl (C=O) groups is 2. The van der Waals surface area contributed by atoms with Gasteiger partial charge >= 0.3 is 5.97 Å². The molecular formula is C17H15ClN2O5. The van der Waals surface area contributed by atoms with E-state index in [1.807, 2.05) is 6.07 Å². The number of halogens is 1. The lowest BCUT2D eigenvalue weighted by atomic mass is 10.0. The molecule has 25 heavy (non-hydrogen) atoms. The third kappa shape index (κ3) is 5.29. The number of benzene rings is 2. The van der Waals surface area contributed by atoms with E-state index in [4.69, 9.17) is 16.7 Å². The Labute approximate surface area is 148 Å². The minimum Gasteiger partial charge on any atom is -0.481 e. The Morgan fingerprint density at radius 1 is 1.20 bits per heavy atom. The Kier molecular flexibility index (Phi) is 6.08. The molecule has 2 N–H and O–H groups in total. The summed E-state index contributed by atoms with van der Waals surface area (Å²) in [6.45, 7) is 0. The van der Waals surface area contributed by atoms with Crippen molar-refractivity contribution in [1.82, 2.24) is 5.32 Å². The van der Waals surface area contributed by atoms with Gasteiger partial charge in [-0.25, -0.2) is 0 Å². The second-order valence-corrected chi connectivity index (χ2v) is 5.75. The van der Waals surface area contributed by atoms with Crippen LogP contribution in [0, 0.1) is 10.1 Å². The topological polar surface area (TPSA) is 110 Å². The SMILES string of the molecule is O=C(O)C[C@@H](NC(=O)Cc1ccccc1)c1cc([N+](=O)[O-])ccc1Cl. The van der Waals surface area contributed by atoms with Gasteiger partial charge in [-0.05, 0) is 11.6 Å². The zero-order valence-corrected chi connectivity index (χ0v) is 13.8. The number of hydrogen-bond donors (Lipinski definition) is 2. The molecule has 2 rings (SSSR count). The van der Waals surface area contributed by atoms with Crippen LogP contribution in [0.2, 0.25) is 5.02 Å². The van der Waals surface area contributed by atoms with Crippen molar-refractivity contribution in [3.8, 4) is 0 Å². The van der Waals surface area contributed by atoms with E-state index in [1.54, 1.807) is 24.3 Å². The molecule has 1 amide bonds. The maximum absolute atomic E-state index is 12.2. The van der Waals surface area contributed by atoms with Crippen molar-refractivity contribution in [2.45, 2.75) is 18.9 Å². The number of non-ortho nitro benzene ring substituents is 1. The highest BCUT2D eigenvalue weighted by atomic mass is 35.5. The predicted octanol–water partition coefficient (Wildman–Crippen LogP) is 3.12. The van der Waals surface area contributed by atoms with Crippen LogP contribution in [0.1, 0.15) is 23.6 Å². The van der Waals surface area contributed by atoms with Gasteiger partial charge in [-0.15, -0.1) is 0 Å². The maximum atomic E-state index is 12.2. The first-order chi connectivity index (χ1) is 11.9. The molecule has 0 spiro atoms. The van der Waals surface area contributed by atoms with Crippen LogP contribution in [0.3, 0.4) is 0 Å². The van der Waals surface area contributed by atoms with Crippen LogP contribution in [-0.4, -0.2) is 21.9 Å². The third-order valence-electron chi connectivity index (χ3n) is 3.49. The molecule has 130 valence electrons. The summed E-state index contributed by atoms with van der Waals surface area (Å²) in [7, 11) is 0. The van der Waals surface area contributed by atoms with Gasteiger partial charge in [-0.3, -0.25) is 19.7 Å². The zero-order valence-electron chi connectivity index (χ0n) is 13.0. The van der Waals surface area contributed by atoms with Crippen LogP contribution in [0.15, 0.2) is 48.5 Å². The lowest BCUT2D eigenvalue weighted by molar-refractivity contribution is -0.384. The summed E-state index contributed by atoms with van der Waals surface area (Å²) < 4.78 is 0. The first-order valence-corrected chi connectivity index (χ1v) is 7.73. The van der Waals surface area contributed by atoms with Gasteiger partial charge in [0.05, 0.1) is 23.8 Å². The van der Waals surface area contributed by atoms with Crippen LogP contribution in [0.4, 0.5) is 5.69 Å². The average Bonchev–Trinajstić information content (AvgIpc) is 2.55. The summed E-state index contributed by atoms with van der Waals surface area (Å²) in [6, 6.07) is 11.7. The number of nitro groups is 1. The number of hydrogen-bond acceptors (Lipinski definition) is 4. The summed E-state index contributed by atoms with van der Waals surface area (Å²) in [5, 5.41) is 22.8. The van der Waals surface area contributed by atoms with E-state index in [9.17, 15) is 19.7 Å². The highest BCUT2D eigenvalue weighted by Crippen LogP contribution is 2.29. The molecule has 0 bridgehead atoms. The largest absolute Gasteiger partial charge is 0.481 e. The van der Waals surface area contributed by atoms with Crippen molar-refractivity contribution in [3.63, 3.8) is 0 Å². The number of nitrogens with zero attached hydrogens (tertiary/aromatic N) is 1. The molecule has 0 heterocycles. The van der Waals surface area contributed by atoms with E-state index >= 15 is 0 Å². The minimum atomic E-state index is -1.16. The molecule has 2 aromatic rings. The fourth-order valence-electron chi connectivity index (χ4n) is 2.35. The number of amides is 1. The van der Waals surface area contributed by atoms with E-state index < -0.39 is 29.3 Å². The van der Waals surface area contributed by atoms with Gasteiger partial charge < -0.3 is 10.4 Å². The van der Waals surface area contributed by atoms with Gasteiger partial charge in [0.1, 0.15) is 0 Å². The minimum absolute atomic E-state index is 0.0590. The van der Waals surface area contributed by atoms with Crippen molar-refractivity contribution in [2.75, 3.05) is 0 Å². The smallest absolute Gasteiger partial charge is 0.305 e. The summed E-state index contributed by atoms with van der Waals surface area (Å²) in [5.74, 6) is -1.56. The van der Waals surface area contributed by atoms with Crippen LogP contribution in [0.25, 0.3) is 0 Å². The summed E-state index contributed by atoms with van der Waals surface area (Å²) in [4.78, 5) is 33.7. The molecule has 0 aliphatic carbocycles. The molecule has 0 aliphatic heterocycles. The van der Waals surface area contributed by atoms with Crippen LogP contribution in [0.5, 0.6) is 0 Å². The van der Waals surface area contributed by atoms with Gasteiger partial charge in [0, 0.05) is 22.7 Å². The number of rotatable bonds is 7. The molecule has 0 aliphatic rings. The van der Waals surface area contributed by atoms with E-state index in [-0.39, 0.29) is 22.7 Å². The number of carboxylic acid groups (broad SMARTS) is 1. The number of nitro benzene ring substituents is 1. The van der Waals surface area contributed by atoms with Crippen molar-refractivity contribution >= 4 is 29.2 Å². The Morgan fingerprint density at radius 3 is 2.48 bits per heavy atom. The second-order valence-electron chi connectivity index (χ2n) is 5.34. The van der Waals surface area contributed by atoms with Crippen LogP contribution < -0.4 is 5.32 Å². The fraction of sp³-hybridized carbons (Fsp3) is 0.176. The van der Waals surface area contributed by atoms with Crippen LogP contribution >= 0.6 is 11.6 Å². The van der Waals surface area contributed by atoms with Crippen molar-refractivity contribution in [1.29, 1.82) is 0 Å². The lowest BCUT2D eigenvalue weighted by Gasteiger charge is -2.18. The second kappa shape index (κ2) is 8.25. The van der Waals surface area contributed by atoms with Crippen molar-refractivity contribution < 1.29 is 19.6 Å². The normalized spacial score (nSPS) is 11.6. The monoisotopic (exact) mass is 362 g/mol. The van der Waals surface area contributed by atoms with Gasteiger partial charge in [0.25, 0.3) is 5.69 Å². The molecule has 8 heteroatoms. The maximum Gasteiger partial charge on any atom is 0.305 e. The number of carbonyl (C=O) groups excluding carboxylic acids is 1. The standard InChI is InChI=1S/C17H15ClN2O5/c18-14-7-6-12(20(24)25)9-13(14)15(10-17(22)23)19-16(21)8-11-4-2-1-3-5-11/h1-7,9,15H,8,10H2,(H,19,21)(H,22,23)/t15-/m1/s1. The number of aliphatic carboxylic acids is 1. The molecular weight excluding hydrogens is 348 g/mol. The number of carboxylic acids is 1. The molecule has 0 unspecified atom stereocenters. The summed E-state index contributed by atoms with van der Waals surface area (Å²) in [5.41, 5.74) is 0.728. The van der Waals surface area contributed by atoms with Crippen molar-refractivity contribution in [3.05, 3.63) is 74.8 Å². The quantitative estimate of drug-likeness (QED) is 0.581. The molecule has 0 saturated carbocycles. The first kappa shape index (κ1) is 18.4. The molecule has 0 aromatic heterocycles. The van der Waals surface area contributed by atoms with Crippen molar-refractivity contribution in [2.24, 2.45) is 0 Å². The highest BCUT2D eigenvalue weighted by molar-refractivity contribution is 6.31. The molecule has 0 fully saturated rings. The van der Waals surface area contributed by atoms with E-state index in [0.717, 1.165) is 5.56 Å². The van der Waals surface area contributed by atoms with Crippen LogP contribution in [-0.2, 0) is 16.0 Å². The average molecular weight is 363 g/mol. The zero-order chi connectivity index (χ0) is 18.4. The Morgan fingerprint density at radius 2 is 1.88 bits per heavy atom. The summed E-state index contributed by atoms with van der Waals surface area (Å²) >= 11 is 6.06. The molecule has 0 radical (unpaired) electrons. The third-order valence-corrected chi connectivity index (χ3v) is 3.83. The highest BCUT2D eigenvalue weighted by Gasteiger charge is 2.23. The first-order valence-electron chi connectivity index (χ1n) is 7.35. The number of nitrogens with one attached hydrogen (secondary N) is 1. The fourth-order valence-corrected chi connectivity index (χ4v) is 2.60. The van der Waals surface area contributed by atoms with Gasteiger partial charge in [-0.1, -0.05) is 41.9 Å². The summed E-state index contributed by atoms with van der Waals surface area (Å²) in [6.07, 6.45) is -0.384. The van der Waals surface area contributed by atoms with Gasteiger partial charge in [0.15, 0.2) is 0 Å². The molecule has 1 atom stereocenters. The molecule has 7 nitrogen and oxygen atoms in total. The Bertz CT molecular complexity index is 795. The molecule has 2 aromatic carbocycles. The van der Waals surface area contributed by atoms with E-state index in [0.29, 0.717) is 0 Å². The lowest BCUT2D eigenvalue weighted by Crippen LogP contribution is -2.31. The predicted molar refractivity (Wildman–Crippen MR) is 91.4 cm³/mol. The molecule has 0 saturated heterocycles.